The minimum Gasteiger partial charge on any atom is -0.504 e. The van der Waals surface area contributed by atoms with Gasteiger partial charge in [0.2, 0.25) is 0 Å². The number of aromatic hydroxyl groups is 1. The van der Waals surface area contributed by atoms with Crippen LogP contribution in [0.25, 0.3) is 0 Å². The lowest BCUT2D eigenvalue weighted by Crippen LogP contribution is -2.28. The Morgan fingerprint density at radius 1 is 1.45 bits per heavy atom. The van der Waals surface area contributed by atoms with Crippen molar-refractivity contribution < 1.29 is 14.6 Å². The van der Waals surface area contributed by atoms with Crippen LogP contribution in [0.2, 0.25) is 0 Å². The lowest BCUT2D eigenvalue weighted by Gasteiger charge is -2.29. The number of nitrogens with zero attached hydrogens (tertiary/aromatic N) is 1. The van der Waals surface area contributed by atoms with E-state index >= 15 is 0 Å². The predicted molar refractivity (Wildman–Crippen MR) is 77.1 cm³/mol. The molecule has 5 nitrogen and oxygen atoms in total. The van der Waals surface area contributed by atoms with Gasteiger partial charge in [-0.05, 0) is 30.9 Å². The van der Waals surface area contributed by atoms with Crippen LogP contribution in [0.5, 0.6) is 11.5 Å². The van der Waals surface area contributed by atoms with E-state index in [0.29, 0.717) is 30.1 Å². The molecule has 1 aromatic rings. The van der Waals surface area contributed by atoms with Crippen molar-refractivity contribution in [1.82, 2.24) is 0 Å². The molecule has 1 aliphatic heterocycles. The molecule has 6 heteroatoms. The SMILES string of the molecule is COc1ccc(C#N)c([C@H](N)C2CCOCC2)c1O.Cl. The summed E-state index contributed by atoms with van der Waals surface area (Å²) in [6, 6.07) is 4.91. The molecule has 0 aromatic heterocycles. The van der Waals surface area contributed by atoms with E-state index in [1.165, 1.54) is 7.11 Å². The van der Waals surface area contributed by atoms with Gasteiger partial charge in [-0.1, -0.05) is 0 Å². The van der Waals surface area contributed by atoms with Crippen molar-refractivity contribution in [2.45, 2.75) is 18.9 Å². The summed E-state index contributed by atoms with van der Waals surface area (Å²) in [4.78, 5) is 0. The van der Waals surface area contributed by atoms with Gasteiger partial charge in [-0.3, -0.25) is 0 Å². The summed E-state index contributed by atoms with van der Waals surface area (Å²) < 4.78 is 10.4. The number of ether oxygens (including phenoxy) is 2. The van der Waals surface area contributed by atoms with Crippen molar-refractivity contribution >= 4 is 12.4 Å². The molecule has 0 unspecified atom stereocenters. The molecule has 20 heavy (non-hydrogen) atoms. The Balaban J connectivity index is 0.00000200. The minimum absolute atomic E-state index is 0. The Morgan fingerprint density at radius 3 is 2.65 bits per heavy atom. The van der Waals surface area contributed by atoms with E-state index in [1.807, 2.05) is 0 Å². The Labute approximate surface area is 124 Å². The highest BCUT2D eigenvalue weighted by molar-refractivity contribution is 5.85. The Bertz CT molecular complexity index is 496. The van der Waals surface area contributed by atoms with Crippen molar-refractivity contribution in [3.63, 3.8) is 0 Å². The highest BCUT2D eigenvalue weighted by Gasteiger charge is 2.27. The molecule has 3 N–H and O–H groups in total. The topological polar surface area (TPSA) is 88.5 Å². The van der Waals surface area contributed by atoms with E-state index in [1.54, 1.807) is 12.1 Å². The van der Waals surface area contributed by atoms with Gasteiger partial charge in [0, 0.05) is 24.8 Å². The Kier molecular flexibility index (Phi) is 6.08. The molecule has 0 spiro atoms. The fraction of sp³-hybridized carbons (Fsp3) is 0.500. The molecular formula is C14H19ClN2O3. The van der Waals surface area contributed by atoms with Crippen LogP contribution in [0.15, 0.2) is 12.1 Å². The molecular weight excluding hydrogens is 280 g/mol. The van der Waals surface area contributed by atoms with Gasteiger partial charge in [0.05, 0.1) is 18.7 Å². The largest absolute Gasteiger partial charge is 0.504 e. The van der Waals surface area contributed by atoms with Crippen LogP contribution in [0, 0.1) is 17.2 Å². The van der Waals surface area contributed by atoms with Gasteiger partial charge < -0.3 is 20.3 Å². The van der Waals surface area contributed by atoms with Gasteiger partial charge in [0.25, 0.3) is 0 Å². The molecule has 1 aliphatic rings. The smallest absolute Gasteiger partial charge is 0.163 e. The van der Waals surface area contributed by atoms with Gasteiger partial charge in [-0.2, -0.15) is 5.26 Å². The lowest BCUT2D eigenvalue weighted by atomic mass is 9.85. The second-order valence-electron chi connectivity index (χ2n) is 4.67. The van der Waals surface area contributed by atoms with Crippen LogP contribution in [-0.4, -0.2) is 25.4 Å². The zero-order valence-electron chi connectivity index (χ0n) is 11.3. The Morgan fingerprint density at radius 2 is 2.10 bits per heavy atom. The number of rotatable bonds is 3. The second-order valence-corrected chi connectivity index (χ2v) is 4.67. The monoisotopic (exact) mass is 298 g/mol. The molecule has 110 valence electrons. The number of hydrogen-bond acceptors (Lipinski definition) is 5. The number of phenols is 1. The molecule has 1 atom stereocenters. The number of nitrogens with two attached hydrogens (primary N) is 1. The fourth-order valence-corrected chi connectivity index (χ4v) is 2.50. The summed E-state index contributed by atoms with van der Waals surface area (Å²) in [5.41, 5.74) is 7.13. The minimum atomic E-state index is -0.381. The quantitative estimate of drug-likeness (QED) is 0.892. The van der Waals surface area contributed by atoms with Crippen molar-refractivity contribution in [3.8, 4) is 17.6 Å². The molecule has 0 amide bonds. The predicted octanol–water partition coefficient (Wildman–Crippen LogP) is 2.12. The molecule has 0 bridgehead atoms. The maximum atomic E-state index is 10.2. The number of halogens is 1. The summed E-state index contributed by atoms with van der Waals surface area (Å²) in [6.07, 6.45) is 1.67. The highest BCUT2D eigenvalue weighted by atomic mass is 35.5. The standard InChI is InChI=1S/C14H18N2O3.ClH/c1-18-11-3-2-10(8-15)12(14(11)17)13(16)9-4-6-19-7-5-9;/h2-3,9,13,17H,4-7,16H2,1H3;1H/t13-;/m1./s1. The summed E-state index contributed by atoms with van der Waals surface area (Å²) in [5, 5.41) is 19.4. The maximum Gasteiger partial charge on any atom is 0.163 e. The summed E-state index contributed by atoms with van der Waals surface area (Å²) >= 11 is 0. The van der Waals surface area contributed by atoms with Crippen molar-refractivity contribution in [2.75, 3.05) is 20.3 Å². The number of benzene rings is 1. The zero-order chi connectivity index (χ0) is 13.8. The van der Waals surface area contributed by atoms with E-state index in [-0.39, 0.29) is 30.1 Å². The van der Waals surface area contributed by atoms with Gasteiger partial charge in [-0.15, -0.1) is 12.4 Å². The maximum absolute atomic E-state index is 10.2. The van der Waals surface area contributed by atoms with Gasteiger partial charge in [0.15, 0.2) is 11.5 Å². The number of nitriles is 1. The third kappa shape index (κ3) is 3.15. The summed E-state index contributed by atoms with van der Waals surface area (Å²) in [7, 11) is 1.48. The van der Waals surface area contributed by atoms with E-state index < -0.39 is 0 Å². The molecule has 1 aromatic carbocycles. The van der Waals surface area contributed by atoms with Crippen LogP contribution in [0.1, 0.15) is 30.0 Å². The second kappa shape index (κ2) is 7.34. The van der Waals surface area contributed by atoms with E-state index in [0.717, 1.165) is 12.8 Å². The first-order valence-electron chi connectivity index (χ1n) is 6.32. The molecule has 0 saturated carbocycles. The van der Waals surface area contributed by atoms with Gasteiger partial charge in [-0.25, -0.2) is 0 Å². The van der Waals surface area contributed by atoms with Gasteiger partial charge >= 0.3 is 0 Å². The average molecular weight is 299 g/mol. The van der Waals surface area contributed by atoms with Crippen molar-refractivity contribution in [1.29, 1.82) is 5.26 Å². The van der Waals surface area contributed by atoms with Crippen LogP contribution in [0.4, 0.5) is 0 Å². The number of phenolic OH excluding ortho intramolecular Hbond substituents is 1. The summed E-state index contributed by atoms with van der Waals surface area (Å²) in [5.74, 6) is 0.524. The van der Waals surface area contributed by atoms with Crippen molar-refractivity contribution in [2.24, 2.45) is 11.7 Å². The summed E-state index contributed by atoms with van der Waals surface area (Å²) in [6.45, 7) is 1.34. The van der Waals surface area contributed by atoms with Crippen LogP contribution < -0.4 is 10.5 Å². The van der Waals surface area contributed by atoms with Crippen LogP contribution in [-0.2, 0) is 4.74 Å². The van der Waals surface area contributed by atoms with E-state index in [4.69, 9.17) is 15.2 Å². The third-order valence-corrected chi connectivity index (χ3v) is 3.63. The van der Waals surface area contributed by atoms with Crippen LogP contribution >= 0.6 is 12.4 Å². The first-order chi connectivity index (χ1) is 9.19. The van der Waals surface area contributed by atoms with E-state index in [9.17, 15) is 10.4 Å². The molecule has 0 radical (unpaired) electrons. The number of methoxy groups -OCH3 is 1. The molecule has 1 fully saturated rings. The molecule has 1 saturated heterocycles. The molecule has 2 rings (SSSR count). The third-order valence-electron chi connectivity index (χ3n) is 3.63. The molecule has 1 heterocycles. The number of hydrogen-bond donors (Lipinski definition) is 2. The van der Waals surface area contributed by atoms with Crippen LogP contribution in [0.3, 0.4) is 0 Å². The lowest BCUT2D eigenvalue weighted by molar-refractivity contribution is 0.0580. The van der Waals surface area contributed by atoms with E-state index in [2.05, 4.69) is 6.07 Å². The fourth-order valence-electron chi connectivity index (χ4n) is 2.50. The molecule has 0 aliphatic carbocycles. The first kappa shape index (κ1) is 16.6. The van der Waals surface area contributed by atoms with Crippen molar-refractivity contribution in [3.05, 3.63) is 23.3 Å². The highest BCUT2D eigenvalue weighted by Crippen LogP contribution is 2.39. The normalized spacial score (nSPS) is 16.9. The Hall–Kier alpha value is -1.48. The first-order valence-corrected chi connectivity index (χ1v) is 6.32. The van der Waals surface area contributed by atoms with Gasteiger partial charge in [0.1, 0.15) is 0 Å². The average Bonchev–Trinajstić information content (AvgIpc) is 2.47. The zero-order valence-corrected chi connectivity index (χ0v) is 12.2.